The van der Waals surface area contributed by atoms with Crippen molar-refractivity contribution in [3.05, 3.63) is 23.8 Å². The second-order valence-electron chi connectivity index (χ2n) is 3.67. The number of halogens is 3. The molecule has 1 aliphatic rings. The van der Waals surface area contributed by atoms with Crippen LogP contribution in [-0.4, -0.2) is 26.1 Å². The van der Waals surface area contributed by atoms with Crippen LogP contribution in [0.25, 0.3) is 0 Å². The van der Waals surface area contributed by atoms with Crippen LogP contribution in [0.15, 0.2) is 23.1 Å². The number of rotatable bonds is 2. The number of nitrogens with zero attached hydrogens (tertiary/aromatic N) is 1. The van der Waals surface area contributed by atoms with Crippen LogP contribution in [0.4, 0.5) is 13.2 Å². The van der Waals surface area contributed by atoms with Crippen molar-refractivity contribution in [3.63, 3.8) is 0 Å². The minimum atomic E-state index is -4.73. The van der Waals surface area contributed by atoms with E-state index in [1.165, 1.54) is 0 Å². The van der Waals surface area contributed by atoms with E-state index >= 15 is 0 Å². The molecule has 0 bridgehead atoms. The van der Waals surface area contributed by atoms with Gasteiger partial charge in [-0.2, -0.15) is 13.2 Å². The smallest absolute Gasteiger partial charge is 0.419 e. The number of carbonyl (C=O) groups is 1. The van der Waals surface area contributed by atoms with Crippen molar-refractivity contribution in [2.45, 2.75) is 17.5 Å². The van der Waals surface area contributed by atoms with Crippen molar-refractivity contribution in [2.24, 2.45) is 0 Å². The first-order valence-electron chi connectivity index (χ1n) is 4.93. The average Bonchev–Trinajstić information content (AvgIpc) is 2.26. The largest absolute Gasteiger partial charge is 0.507 e. The molecule has 2 rings (SSSR count). The lowest BCUT2D eigenvalue weighted by atomic mass is 10.2. The van der Waals surface area contributed by atoms with Gasteiger partial charge in [0, 0.05) is 13.0 Å². The molecule has 0 aliphatic carbocycles. The Labute approximate surface area is 103 Å². The molecule has 1 unspecified atom stereocenters. The maximum Gasteiger partial charge on any atom is 0.419 e. The van der Waals surface area contributed by atoms with Crippen LogP contribution >= 0.6 is 0 Å². The van der Waals surface area contributed by atoms with E-state index in [0.29, 0.717) is 6.07 Å². The highest BCUT2D eigenvalue weighted by atomic mass is 32.2. The lowest BCUT2D eigenvalue weighted by molar-refractivity contribution is -0.139. The first-order chi connectivity index (χ1) is 8.30. The number of benzene rings is 1. The van der Waals surface area contributed by atoms with E-state index in [4.69, 9.17) is 5.11 Å². The van der Waals surface area contributed by atoms with E-state index in [9.17, 15) is 22.2 Å². The van der Waals surface area contributed by atoms with Gasteiger partial charge in [-0.15, -0.1) is 0 Å². The topological polar surface area (TPSA) is 57.6 Å². The summed E-state index contributed by atoms with van der Waals surface area (Å²) in [6, 6.07) is 2.52. The van der Waals surface area contributed by atoms with E-state index < -0.39 is 28.5 Å². The summed E-state index contributed by atoms with van der Waals surface area (Å²) >= 11 is 0. The molecule has 1 amide bonds. The van der Waals surface area contributed by atoms with Gasteiger partial charge in [-0.05, 0) is 18.2 Å². The second-order valence-corrected chi connectivity index (χ2v) is 5.08. The zero-order valence-electron chi connectivity index (χ0n) is 8.90. The Morgan fingerprint density at radius 1 is 1.33 bits per heavy atom. The second kappa shape index (κ2) is 4.27. The van der Waals surface area contributed by atoms with Gasteiger partial charge < -0.3 is 5.11 Å². The number of carbonyl (C=O) groups excluding carboxylic acids is 1. The van der Waals surface area contributed by atoms with E-state index in [2.05, 4.69) is 0 Å². The zero-order chi connectivity index (χ0) is 13.5. The molecule has 1 aliphatic heterocycles. The molecule has 1 aromatic rings. The van der Waals surface area contributed by atoms with Gasteiger partial charge in [0.1, 0.15) is 5.75 Å². The molecule has 1 atom stereocenters. The monoisotopic (exact) mass is 279 g/mol. The average molecular weight is 279 g/mol. The Hall–Kier alpha value is -1.57. The molecule has 1 N–H and O–H groups in total. The van der Waals surface area contributed by atoms with Gasteiger partial charge in [0.25, 0.3) is 0 Å². The molecule has 8 heteroatoms. The number of alkyl halides is 3. The fraction of sp³-hybridized carbons (Fsp3) is 0.300. The third-order valence-electron chi connectivity index (χ3n) is 2.48. The molecule has 0 radical (unpaired) electrons. The van der Waals surface area contributed by atoms with Gasteiger partial charge in [-0.25, -0.2) is 4.21 Å². The van der Waals surface area contributed by atoms with Gasteiger partial charge in [0.2, 0.25) is 5.91 Å². The van der Waals surface area contributed by atoms with E-state index in [0.717, 1.165) is 16.4 Å². The molecule has 0 aromatic heterocycles. The molecule has 0 saturated carbocycles. The standard InChI is InChI=1S/C10H8F3NO3S/c11-10(12,13)7-5-6(1-2-8(7)15)18(17)14-4-3-9(14)16/h1-2,5,15H,3-4H2. The molecule has 4 nitrogen and oxygen atoms in total. The summed E-state index contributed by atoms with van der Waals surface area (Å²) in [7, 11) is -1.95. The van der Waals surface area contributed by atoms with E-state index in [1.54, 1.807) is 0 Å². The number of aromatic hydroxyl groups is 1. The van der Waals surface area contributed by atoms with Crippen LogP contribution in [0.1, 0.15) is 12.0 Å². The molecular formula is C10H8F3NO3S. The third-order valence-corrected chi connectivity index (χ3v) is 3.93. The molecule has 1 fully saturated rings. The molecule has 0 spiro atoms. The van der Waals surface area contributed by atoms with Crippen molar-refractivity contribution >= 4 is 16.9 Å². The molecule has 98 valence electrons. The number of phenolic OH excluding ortho intramolecular Hbond substituents is 1. The van der Waals surface area contributed by atoms with Gasteiger partial charge in [0.15, 0.2) is 11.0 Å². The van der Waals surface area contributed by atoms with Gasteiger partial charge >= 0.3 is 6.18 Å². The maximum absolute atomic E-state index is 12.5. The third kappa shape index (κ3) is 2.20. The minimum absolute atomic E-state index is 0.159. The predicted octanol–water partition coefficient (Wildman–Crippen LogP) is 1.67. The highest BCUT2D eigenvalue weighted by molar-refractivity contribution is 7.83. The number of amides is 1. The summed E-state index contributed by atoms with van der Waals surface area (Å²) in [6.45, 7) is 0.258. The Balaban J connectivity index is 2.35. The Bertz CT molecular complexity index is 530. The number of β-lactam (4-membered cyclic amide) rings is 1. The molecule has 1 aromatic carbocycles. The van der Waals surface area contributed by atoms with Gasteiger partial charge in [0.05, 0.1) is 10.5 Å². The maximum atomic E-state index is 12.5. The summed E-state index contributed by atoms with van der Waals surface area (Å²) in [5, 5.41) is 9.11. The predicted molar refractivity (Wildman–Crippen MR) is 55.8 cm³/mol. The van der Waals surface area contributed by atoms with Crippen LogP contribution in [-0.2, 0) is 22.0 Å². The molecular weight excluding hydrogens is 271 g/mol. The first-order valence-corrected chi connectivity index (χ1v) is 6.04. The highest BCUT2D eigenvalue weighted by Gasteiger charge is 2.36. The number of hydrogen-bond donors (Lipinski definition) is 1. The number of hydrogen-bond acceptors (Lipinski definition) is 3. The van der Waals surface area contributed by atoms with Crippen LogP contribution in [0.3, 0.4) is 0 Å². The highest BCUT2D eigenvalue weighted by Crippen LogP contribution is 2.37. The van der Waals surface area contributed by atoms with Crippen molar-refractivity contribution in [3.8, 4) is 5.75 Å². The van der Waals surface area contributed by atoms with Crippen LogP contribution in [0.2, 0.25) is 0 Å². The summed E-state index contributed by atoms with van der Waals surface area (Å²) in [5.74, 6) is -1.30. The van der Waals surface area contributed by atoms with Crippen LogP contribution < -0.4 is 0 Å². The fourth-order valence-electron chi connectivity index (χ4n) is 1.45. The quantitative estimate of drug-likeness (QED) is 0.838. The Morgan fingerprint density at radius 3 is 2.44 bits per heavy atom. The summed E-state index contributed by atoms with van der Waals surface area (Å²) in [4.78, 5) is 10.9. The first kappa shape index (κ1) is 12.9. The normalized spacial score (nSPS) is 17.5. The van der Waals surface area contributed by atoms with Crippen molar-refractivity contribution < 1.29 is 27.3 Å². The zero-order valence-corrected chi connectivity index (χ0v) is 9.72. The van der Waals surface area contributed by atoms with E-state index in [-0.39, 0.29) is 23.8 Å². The fourth-order valence-corrected chi connectivity index (χ4v) is 2.64. The van der Waals surface area contributed by atoms with E-state index in [1.807, 2.05) is 0 Å². The van der Waals surface area contributed by atoms with Crippen molar-refractivity contribution in [2.75, 3.05) is 6.54 Å². The number of phenols is 1. The van der Waals surface area contributed by atoms with Gasteiger partial charge in [-0.1, -0.05) is 0 Å². The lowest BCUT2D eigenvalue weighted by Crippen LogP contribution is -2.44. The van der Waals surface area contributed by atoms with Crippen molar-refractivity contribution in [1.29, 1.82) is 0 Å². The molecule has 1 heterocycles. The van der Waals surface area contributed by atoms with Crippen molar-refractivity contribution in [1.82, 2.24) is 4.31 Å². The van der Waals surface area contributed by atoms with Crippen LogP contribution in [0, 0.1) is 0 Å². The summed E-state index contributed by atoms with van der Waals surface area (Å²) in [6.07, 6.45) is -4.49. The van der Waals surface area contributed by atoms with Crippen LogP contribution in [0.5, 0.6) is 5.75 Å². The van der Waals surface area contributed by atoms with Gasteiger partial charge in [-0.3, -0.25) is 9.10 Å². The SMILES string of the molecule is O=C1CCN1S(=O)c1ccc(O)c(C(F)(F)F)c1. The molecule has 18 heavy (non-hydrogen) atoms. The summed E-state index contributed by atoms with van der Waals surface area (Å²) < 4.78 is 50.4. The Kier molecular flexibility index (Phi) is 3.05. The molecule has 1 saturated heterocycles. The summed E-state index contributed by atoms with van der Waals surface area (Å²) in [5.41, 5.74) is -1.26. The Morgan fingerprint density at radius 2 is 2.00 bits per heavy atom. The minimum Gasteiger partial charge on any atom is -0.507 e. The lowest BCUT2D eigenvalue weighted by Gasteiger charge is -2.28.